The number of para-hydroxylation sites is 1. The van der Waals surface area contributed by atoms with Crippen molar-refractivity contribution in [1.29, 1.82) is 0 Å². The lowest BCUT2D eigenvalue weighted by Crippen LogP contribution is -2.42. The number of ether oxygens (including phenoxy) is 1. The third kappa shape index (κ3) is 4.02. The lowest BCUT2D eigenvalue weighted by atomic mass is 10.1. The van der Waals surface area contributed by atoms with E-state index in [1.54, 1.807) is 9.58 Å². The molecule has 0 spiro atoms. The van der Waals surface area contributed by atoms with E-state index in [4.69, 9.17) is 16.3 Å². The van der Waals surface area contributed by atoms with Crippen molar-refractivity contribution < 1.29 is 9.53 Å². The highest BCUT2D eigenvalue weighted by Gasteiger charge is 2.27. The van der Waals surface area contributed by atoms with Crippen LogP contribution < -0.4 is 4.74 Å². The number of piperidine rings is 1. The molecule has 2 heterocycles. The van der Waals surface area contributed by atoms with E-state index in [9.17, 15) is 4.79 Å². The molecule has 4 rings (SSSR count). The zero-order valence-electron chi connectivity index (χ0n) is 15.6. The van der Waals surface area contributed by atoms with Gasteiger partial charge in [0, 0.05) is 31.0 Å². The molecule has 0 radical (unpaired) electrons. The van der Waals surface area contributed by atoms with Crippen LogP contribution in [0.4, 0.5) is 0 Å². The van der Waals surface area contributed by atoms with Gasteiger partial charge >= 0.3 is 0 Å². The molecule has 0 aliphatic carbocycles. The summed E-state index contributed by atoms with van der Waals surface area (Å²) >= 11 is 5.91. The summed E-state index contributed by atoms with van der Waals surface area (Å²) in [4.78, 5) is 19.0. The molecule has 1 aliphatic rings. The average molecular weight is 397 g/mol. The van der Waals surface area contributed by atoms with Crippen molar-refractivity contribution in [3.05, 3.63) is 71.3 Å². The Kier molecular flexibility index (Phi) is 5.30. The number of amides is 1. The lowest BCUT2D eigenvalue weighted by molar-refractivity contribution is 0.0584. The highest BCUT2D eigenvalue weighted by Crippen LogP contribution is 2.22. The maximum absolute atomic E-state index is 12.8. The Balaban J connectivity index is 1.38. The summed E-state index contributed by atoms with van der Waals surface area (Å²) in [6.45, 7) is 3.09. The Morgan fingerprint density at radius 1 is 1.07 bits per heavy atom. The number of hydrogen-bond acceptors (Lipinski definition) is 4. The van der Waals surface area contributed by atoms with Gasteiger partial charge in [-0.05, 0) is 43.3 Å². The van der Waals surface area contributed by atoms with Crippen molar-refractivity contribution in [2.45, 2.75) is 25.9 Å². The fourth-order valence-corrected chi connectivity index (χ4v) is 3.44. The van der Waals surface area contributed by atoms with Crippen LogP contribution in [-0.2, 0) is 0 Å². The van der Waals surface area contributed by atoms with E-state index in [1.807, 2.05) is 61.5 Å². The van der Waals surface area contributed by atoms with E-state index in [0.717, 1.165) is 24.3 Å². The van der Waals surface area contributed by atoms with Gasteiger partial charge in [-0.15, -0.1) is 5.10 Å². The fourth-order valence-electron chi connectivity index (χ4n) is 3.32. The van der Waals surface area contributed by atoms with Gasteiger partial charge in [0.1, 0.15) is 17.7 Å². The molecular formula is C21H21ClN4O2. The summed E-state index contributed by atoms with van der Waals surface area (Å²) in [6.07, 6.45) is 1.63. The summed E-state index contributed by atoms with van der Waals surface area (Å²) < 4.78 is 7.69. The number of hydrogen-bond donors (Lipinski definition) is 0. The molecule has 3 aromatic rings. The number of aryl methyl sites for hydroxylation is 1. The van der Waals surface area contributed by atoms with Crippen molar-refractivity contribution in [2.24, 2.45) is 0 Å². The normalized spacial score (nSPS) is 14.9. The minimum Gasteiger partial charge on any atom is -0.490 e. The quantitative estimate of drug-likeness (QED) is 0.670. The highest BCUT2D eigenvalue weighted by molar-refractivity contribution is 6.30. The Morgan fingerprint density at radius 2 is 1.75 bits per heavy atom. The van der Waals surface area contributed by atoms with Crippen molar-refractivity contribution in [3.8, 4) is 11.4 Å². The topological polar surface area (TPSA) is 60.3 Å². The smallest absolute Gasteiger partial charge is 0.293 e. The summed E-state index contributed by atoms with van der Waals surface area (Å²) in [5, 5.41) is 5.11. The molecule has 0 N–H and O–H groups in total. The van der Waals surface area contributed by atoms with E-state index in [2.05, 4.69) is 10.1 Å². The van der Waals surface area contributed by atoms with Crippen LogP contribution in [0.15, 0.2) is 54.6 Å². The van der Waals surface area contributed by atoms with Gasteiger partial charge in [-0.3, -0.25) is 4.79 Å². The first-order valence-corrected chi connectivity index (χ1v) is 9.68. The standard InChI is InChI=1S/C21H21ClN4O2/c1-15-23-20(24-26(15)17-5-3-2-4-6-17)21(27)25-13-11-19(12-14-25)28-18-9-7-16(22)8-10-18/h2-10,19H,11-14H2,1H3. The molecule has 6 nitrogen and oxygen atoms in total. The summed E-state index contributed by atoms with van der Waals surface area (Å²) in [7, 11) is 0. The maximum Gasteiger partial charge on any atom is 0.293 e. The van der Waals surface area contributed by atoms with E-state index >= 15 is 0 Å². The van der Waals surface area contributed by atoms with Crippen LogP contribution in [0, 0.1) is 6.92 Å². The number of likely N-dealkylation sites (tertiary alicyclic amines) is 1. The molecule has 1 saturated heterocycles. The van der Waals surface area contributed by atoms with Gasteiger partial charge in [0.05, 0.1) is 5.69 Å². The predicted octanol–water partition coefficient (Wildman–Crippen LogP) is 3.91. The minimum atomic E-state index is -0.136. The summed E-state index contributed by atoms with van der Waals surface area (Å²) in [5.41, 5.74) is 0.890. The lowest BCUT2D eigenvalue weighted by Gasteiger charge is -2.31. The maximum atomic E-state index is 12.8. The van der Waals surface area contributed by atoms with Crippen molar-refractivity contribution >= 4 is 17.5 Å². The van der Waals surface area contributed by atoms with Gasteiger partial charge in [0.25, 0.3) is 5.91 Å². The third-order valence-corrected chi connectivity index (χ3v) is 5.06. The number of nitrogens with zero attached hydrogens (tertiary/aromatic N) is 4. The Bertz CT molecular complexity index is 948. The van der Waals surface area contributed by atoms with E-state index in [0.29, 0.717) is 23.9 Å². The average Bonchev–Trinajstić information content (AvgIpc) is 3.12. The van der Waals surface area contributed by atoms with Crippen LogP contribution in [0.3, 0.4) is 0 Å². The molecule has 0 unspecified atom stereocenters. The number of benzene rings is 2. The van der Waals surface area contributed by atoms with Gasteiger partial charge < -0.3 is 9.64 Å². The molecule has 2 aromatic carbocycles. The first-order valence-electron chi connectivity index (χ1n) is 9.31. The Morgan fingerprint density at radius 3 is 2.43 bits per heavy atom. The molecular weight excluding hydrogens is 376 g/mol. The Hall–Kier alpha value is -2.86. The van der Waals surface area contributed by atoms with Crippen LogP contribution in [0.25, 0.3) is 5.69 Å². The molecule has 144 valence electrons. The largest absolute Gasteiger partial charge is 0.490 e. The van der Waals surface area contributed by atoms with Crippen molar-refractivity contribution in [1.82, 2.24) is 19.7 Å². The van der Waals surface area contributed by atoms with Gasteiger partial charge in [0.2, 0.25) is 5.82 Å². The first kappa shape index (κ1) is 18.5. The SMILES string of the molecule is Cc1nc(C(=O)N2CCC(Oc3ccc(Cl)cc3)CC2)nn1-c1ccccc1. The molecule has 1 fully saturated rings. The fraction of sp³-hybridized carbons (Fsp3) is 0.286. The zero-order valence-corrected chi connectivity index (χ0v) is 16.3. The summed E-state index contributed by atoms with van der Waals surface area (Å²) in [6, 6.07) is 17.0. The summed E-state index contributed by atoms with van der Waals surface area (Å²) in [5.74, 6) is 1.59. The van der Waals surface area contributed by atoms with Gasteiger partial charge in [-0.1, -0.05) is 29.8 Å². The van der Waals surface area contributed by atoms with Gasteiger partial charge in [-0.2, -0.15) is 0 Å². The molecule has 1 aromatic heterocycles. The van der Waals surface area contributed by atoms with Crippen LogP contribution in [0.5, 0.6) is 5.75 Å². The molecule has 1 aliphatic heterocycles. The van der Waals surface area contributed by atoms with Crippen molar-refractivity contribution in [2.75, 3.05) is 13.1 Å². The van der Waals surface area contributed by atoms with E-state index in [1.165, 1.54) is 0 Å². The van der Waals surface area contributed by atoms with Crippen LogP contribution in [0.2, 0.25) is 5.02 Å². The van der Waals surface area contributed by atoms with E-state index < -0.39 is 0 Å². The second kappa shape index (κ2) is 8.02. The number of carbonyl (C=O) groups is 1. The second-order valence-corrected chi connectivity index (χ2v) is 7.23. The van der Waals surface area contributed by atoms with Crippen molar-refractivity contribution in [3.63, 3.8) is 0 Å². The molecule has 1 amide bonds. The molecule has 0 saturated carbocycles. The molecule has 28 heavy (non-hydrogen) atoms. The van der Waals surface area contributed by atoms with Crippen LogP contribution in [0.1, 0.15) is 29.3 Å². The number of aromatic nitrogens is 3. The van der Waals surface area contributed by atoms with Gasteiger partial charge in [-0.25, -0.2) is 9.67 Å². The molecule has 0 atom stereocenters. The monoisotopic (exact) mass is 396 g/mol. The third-order valence-electron chi connectivity index (χ3n) is 4.81. The first-order chi connectivity index (χ1) is 13.6. The Labute approximate surface area is 168 Å². The number of rotatable bonds is 4. The van der Waals surface area contributed by atoms with Crippen LogP contribution >= 0.6 is 11.6 Å². The van der Waals surface area contributed by atoms with E-state index in [-0.39, 0.29) is 17.8 Å². The minimum absolute atomic E-state index is 0.0850. The second-order valence-electron chi connectivity index (χ2n) is 6.79. The highest BCUT2D eigenvalue weighted by atomic mass is 35.5. The number of halogens is 1. The predicted molar refractivity (Wildman–Crippen MR) is 107 cm³/mol. The van der Waals surface area contributed by atoms with Crippen LogP contribution in [-0.4, -0.2) is 44.8 Å². The zero-order chi connectivity index (χ0) is 19.5. The molecule has 0 bridgehead atoms. The molecule has 7 heteroatoms. The van der Waals surface area contributed by atoms with Gasteiger partial charge in [0.15, 0.2) is 0 Å². The number of carbonyl (C=O) groups excluding carboxylic acids is 1.